The predicted octanol–water partition coefficient (Wildman–Crippen LogP) is 1.12. The van der Waals surface area contributed by atoms with Gasteiger partial charge in [-0.1, -0.05) is 20.8 Å². The minimum Gasteiger partial charge on any atom is -0.480 e. The van der Waals surface area contributed by atoms with Gasteiger partial charge in [0.2, 0.25) is 5.91 Å². The highest BCUT2D eigenvalue weighted by molar-refractivity contribution is 5.81. The third kappa shape index (κ3) is 6.26. The van der Waals surface area contributed by atoms with Gasteiger partial charge in [-0.2, -0.15) is 0 Å². The predicted molar refractivity (Wildman–Crippen MR) is 66.5 cm³/mol. The molecule has 0 aromatic carbocycles. The second kappa shape index (κ2) is 7.27. The molecular formula is C12H24N2O3. The van der Waals surface area contributed by atoms with Crippen LogP contribution in [0.15, 0.2) is 0 Å². The molecule has 1 amide bonds. The second-order valence-corrected chi connectivity index (χ2v) is 4.93. The Bertz CT molecular complexity index is 264. The highest BCUT2D eigenvalue weighted by Crippen LogP contribution is 2.19. The first-order valence-electron chi connectivity index (χ1n) is 6.08. The summed E-state index contributed by atoms with van der Waals surface area (Å²) in [6, 6.07) is -0.794. The van der Waals surface area contributed by atoms with Gasteiger partial charge >= 0.3 is 5.97 Å². The molecule has 0 spiro atoms. The van der Waals surface area contributed by atoms with Gasteiger partial charge in [-0.25, -0.2) is 0 Å². The number of carbonyl (C=O) groups is 2. The molecule has 5 heteroatoms. The Morgan fingerprint density at radius 1 is 1.35 bits per heavy atom. The molecule has 0 aliphatic rings. The molecule has 0 fully saturated rings. The first-order chi connectivity index (χ1) is 7.81. The van der Waals surface area contributed by atoms with Crippen molar-refractivity contribution in [2.24, 2.45) is 11.1 Å². The van der Waals surface area contributed by atoms with Crippen LogP contribution in [0.2, 0.25) is 0 Å². The fourth-order valence-corrected chi connectivity index (χ4v) is 1.21. The van der Waals surface area contributed by atoms with E-state index in [1.54, 1.807) is 0 Å². The minimum atomic E-state index is -0.971. The molecule has 0 saturated heterocycles. The Morgan fingerprint density at radius 2 is 1.94 bits per heavy atom. The SMILES string of the molecule is CCC(C)(C)C(=O)NCCCCC(N)C(=O)O. The van der Waals surface area contributed by atoms with E-state index in [2.05, 4.69) is 5.32 Å². The van der Waals surface area contributed by atoms with Crippen molar-refractivity contribution >= 4 is 11.9 Å². The molecule has 5 nitrogen and oxygen atoms in total. The van der Waals surface area contributed by atoms with Gasteiger partial charge < -0.3 is 16.2 Å². The van der Waals surface area contributed by atoms with Crippen molar-refractivity contribution in [3.8, 4) is 0 Å². The van der Waals surface area contributed by atoms with Crippen molar-refractivity contribution in [1.82, 2.24) is 5.32 Å². The van der Waals surface area contributed by atoms with Crippen LogP contribution in [0.25, 0.3) is 0 Å². The number of rotatable bonds is 8. The Labute approximate surface area is 103 Å². The smallest absolute Gasteiger partial charge is 0.320 e. The molecule has 0 rings (SSSR count). The molecule has 0 saturated carbocycles. The number of carboxylic acids is 1. The fourth-order valence-electron chi connectivity index (χ4n) is 1.21. The van der Waals surface area contributed by atoms with Gasteiger partial charge in [0, 0.05) is 12.0 Å². The van der Waals surface area contributed by atoms with E-state index < -0.39 is 12.0 Å². The number of nitrogens with one attached hydrogen (secondary N) is 1. The first-order valence-corrected chi connectivity index (χ1v) is 6.08. The lowest BCUT2D eigenvalue weighted by Crippen LogP contribution is -2.37. The summed E-state index contributed by atoms with van der Waals surface area (Å²) in [5, 5.41) is 11.4. The van der Waals surface area contributed by atoms with Crippen molar-refractivity contribution in [2.75, 3.05) is 6.54 Å². The lowest BCUT2D eigenvalue weighted by molar-refractivity contribution is -0.138. The average Bonchev–Trinajstić information content (AvgIpc) is 2.27. The van der Waals surface area contributed by atoms with E-state index in [-0.39, 0.29) is 11.3 Å². The molecule has 100 valence electrons. The molecule has 0 radical (unpaired) electrons. The summed E-state index contributed by atoms with van der Waals surface area (Å²) in [4.78, 5) is 22.1. The van der Waals surface area contributed by atoms with Gasteiger partial charge in [-0.15, -0.1) is 0 Å². The Kier molecular flexibility index (Phi) is 6.80. The molecule has 0 aromatic heterocycles. The fraction of sp³-hybridized carbons (Fsp3) is 0.833. The maximum Gasteiger partial charge on any atom is 0.320 e. The minimum absolute atomic E-state index is 0.0440. The quantitative estimate of drug-likeness (QED) is 0.558. The van der Waals surface area contributed by atoms with Crippen molar-refractivity contribution in [2.45, 2.75) is 52.5 Å². The Balaban J connectivity index is 3.66. The van der Waals surface area contributed by atoms with Crippen molar-refractivity contribution in [3.05, 3.63) is 0 Å². The van der Waals surface area contributed by atoms with Crippen LogP contribution in [0, 0.1) is 5.41 Å². The van der Waals surface area contributed by atoms with Crippen LogP contribution in [-0.2, 0) is 9.59 Å². The number of carboxylic acid groups (broad SMARTS) is 1. The topological polar surface area (TPSA) is 92.4 Å². The summed E-state index contributed by atoms with van der Waals surface area (Å²) in [7, 11) is 0. The molecule has 4 N–H and O–H groups in total. The van der Waals surface area contributed by atoms with Crippen LogP contribution >= 0.6 is 0 Å². The monoisotopic (exact) mass is 244 g/mol. The maximum absolute atomic E-state index is 11.7. The molecule has 1 unspecified atom stereocenters. The summed E-state index contributed by atoms with van der Waals surface area (Å²) >= 11 is 0. The molecule has 0 aromatic rings. The highest BCUT2D eigenvalue weighted by atomic mass is 16.4. The van der Waals surface area contributed by atoms with Gasteiger partial charge in [-0.05, 0) is 25.7 Å². The maximum atomic E-state index is 11.7. The number of unbranched alkanes of at least 4 members (excludes halogenated alkanes) is 1. The third-order valence-corrected chi connectivity index (χ3v) is 3.04. The van der Waals surface area contributed by atoms with Crippen molar-refractivity contribution in [3.63, 3.8) is 0 Å². The Morgan fingerprint density at radius 3 is 2.41 bits per heavy atom. The van der Waals surface area contributed by atoms with Crippen molar-refractivity contribution < 1.29 is 14.7 Å². The highest BCUT2D eigenvalue weighted by Gasteiger charge is 2.24. The van der Waals surface area contributed by atoms with E-state index in [9.17, 15) is 9.59 Å². The van der Waals surface area contributed by atoms with Crippen LogP contribution in [0.5, 0.6) is 0 Å². The van der Waals surface area contributed by atoms with E-state index in [1.807, 2.05) is 20.8 Å². The summed E-state index contributed by atoms with van der Waals surface area (Å²) in [6.45, 7) is 6.37. The third-order valence-electron chi connectivity index (χ3n) is 3.04. The molecule has 0 bridgehead atoms. The number of hydrogen-bond donors (Lipinski definition) is 3. The summed E-state index contributed by atoms with van der Waals surface area (Å²) in [5.74, 6) is -0.927. The molecule has 17 heavy (non-hydrogen) atoms. The molecule has 0 aliphatic carbocycles. The van der Waals surface area contributed by atoms with E-state index >= 15 is 0 Å². The van der Waals surface area contributed by atoms with Gasteiger partial charge in [-0.3, -0.25) is 9.59 Å². The van der Waals surface area contributed by atoms with E-state index in [0.29, 0.717) is 19.4 Å². The van der Waals surface area contributed by atoms with Crippen LogP contribution in [0.1, 0.15) is 46.5 Å². The zero-order valence-corrected chi connectivity index (χ0v) is 11.0. The molecule has 0 aliphatic heterocycles. The van der Waals surface area contributed by atoms with E-state index in [4.69, 9.17) is 10.8 Å². The van der Waals surface area contributed by atoms with Crippen LogP contribution in [-0.4, -0.2) is 29.6 Å². The standard InChI is InChI=1S/C12H24N2O3/c1-4-12(2,3)11(17)14-8-6-5-7-9(13)10(15)16/h9H,4-8,13H2,1-3H3,(H,14,17)(H,15,16). The first kappa shape index (κ1) is 15.9. The lowest BCUT2D eigenvalue weighted by atomic mass is 9.89. The Hall–Kier alpha value is -1.10. The van der Waals surface area contributed by atoms with Gasteiger partial charge in [0.15, 0.2) is 0 Å². The van der Waals surface area contributed by atoms with Crippen LogP contribution in [0.3, 0.4) is 0 Å². The molecular weight excluding hydrogens is 220 g/mol. The average molecular weight is 244 g/mol. The summed E-state index contributed by atoms with van der Waals surface area (Å²) in [5.41, 5.74) is 5.03. The normalized spacial score (nSPS) is 13.2. The van der Waals surface area contributed by atoms with Gasteiger partial charge in [0.1, 0.15) is 6.04 Å². The number of nitrogens with two attached hydrogens (primary N) is 1. The number of carbonyl (C=O) groups excluding carboxylic acids is 1. The summed E-state index contributed by atoms with van der Waals surface area (Å²) < 4.78 is 0. The largest absolute Gasteiger partial charge is 0.480 e. The van der Waals surface area contributed by atoms with Crippen LogP contribution in [0.4, 0.5) is 0 Å². The van der Waals surface area contributed by atoms with Gasteiger partial charge in [0.05, 0.1) is 0 Å². The second-order valence-electron chi connectivity index (χ2n) is 4.93. The zero-order chi connectivity index (χ0) is 13.5. The lowest BCUT2D eigenvalue weighted by Gasteiger charge is -2.21. The van der Waals surface area contributed by atoms with Crippen molar-refractivity contribution in [1.29, 1.82) is 0 Å². The van der Waals surface area contributed by atoms with Crippen LogP contribution < -0.4 is 11.1 Å². The molecule has 0 heterocycles. The number of hydrogen-bond acceptors (Lipinski definition) is 3. The zero-order valence-electron chi connectivity index (χ0n) is 11.0. The van der Waals surface area contributed by atoms with Gasteiger partial charge in [0.25, 0.3) is 0 Å². The summed E-state index contributed by atoms with van der Waals surface area (Å²) in [6.07, 6.45) is 2.71. The number of aliphatic carboxylic acids is 1. The molecule has 1 atom stereocenters. The van der Waals surface area contributed by atoms with E-state index in [0.717, 1.165) is 12.8 Å². The van der Waals surface area contributed by atoms with E-state index in [1.165, 1.54) is 0 Å². The number of amides is 1.